The van der Waals surface area contributed by atoms with Gasteiger partial charge in [-0.1, -0.05) is 6.92 Å². The minimum absolute atomic E-state index is 0.220. The Morgan fingerprint density at radius 3 is 2.52 bits per heavy atom. The molecule has 23 heavy (non-hydrogen) atoms. The summed E-state index contributed by atoms with van der Waals surface area (Å²) in [4.78, 5) is 16.6. The normalized spacial score (nSPS) is 20.2. The lowest BCUT2D eigenvalue weighted by molar-refractivity contribution is -0.131. The zero-order valence-electron chi connectivity index (χ0n) is 14.4. The summed E-state index contributed by atoms with van der Waals surface area (Å²) in [6, 6.07) is 4.00. The van der Waals surface area contributed by atoms with E-state index in [1.54, 1.807) is 0 Å². The molecule has 126 valence electrons. The van der Waals surface area contributed by atoms with E-state index in [2.05, 4.69) is 27.3 Å². The van der Waals surface area contributed by atoms with E-state index in [9.17, 15) is 4.79 Å². The number of nitrogens with zero attached hydrogens (tertiary/aromatic N) is 4. The van der Waals surface area contributed by atoms with Crippen molar-refractivity contribution in [3.8, 4) is 0 Å². The van der Waals surface area contributed by atoms with E-state index >= 15 is 0 Å². The first-order valence-electron chi connectivity index (χ1n) is 8.52. The highest BCUT2D eigenvalue weighted by Gasteiger charge is 2.37. The smallest absolute Gasteiger partial charge is 0.226 e. The molecule has 2 aliphatic rings. The monoisotopic (exact) mass is 317 g/mol. The van der Waals surface area contributed by atoms with E-state index in [1.165, 1.54) is 12.8 Å². The summed E-state index contributed by atoms with van der Waals surface area (Å²) in [7, 11) is 3.91. The second kappa shape index (κ2) is 6.34. The van der Waals surface area contributed by atoms with E-state index in [-0.39, 0.29) is 11.3 Å². The number of amides is 1. The highest BCUT2D eigenvalue weighted by atomic mass is 16.2. The quantitative estimate of drug-likeness (QED) is 0.895. The van der Waals surface area contributed by atoms with Gasteiger partial charge in [-0.25, -0.2) is 0 Å². The number of piperidine rings is 1. The zero-order valence-corrected chi connectivity index (χ0v) is 14.4. The van der Waals surface area contributed by atoms with Gasteiger partial charge >= 0.3 is 0 Å². The fourth-order valence-electron chi connectivity index (χ4n) is 2.95. The van der Waals surface area contributed by atoms with Gasteiger partial charge in [-0.2, -0.15) is 0 Å². The Morgan fingerprint density at radius 1 is 1.30 bits per heavy atom. The molecule has 2 heterocycles. The van der Waals surface area contributed by atoms with E-state index in [0.29, 0.717) is 0 Å². The second-order valence-corrected chi connectivity index (χ2v) is 7.35. The zero-order chi connectivity index (χ0) is 16.4. The van der Waals surface area contributed by atoms with Crippen molar-refractivity contribution in [3.63, 3.8) is 0 Å². The van der Waals surface area contributed by atoms with Crippen LogP contribution in [0.5, 0.6) is 0 Å². The van der Waals surface area contributed by atoms with Gasteiger partial charge in [-0.05, 0) is 43.7 Å². The fourth-order valence-corrected chi connectivity index (χ4v) is 2.95. The van der Waals surface area contributed by atoms with Gasteiger partial charge in [0.25, 0.3) is 0 Å². The Bertz CT molecular complexity index is 545. The summed E-state index contributed by atoms with van der Waals surface area (Å²) in [5.41, 5.74) is -0.248. The fraction of sp³-hybridized carbons (Fsp3) is 0.706. The second-order valence-electron chi connectivity index (χ2n) is 7.35. The molecule has 0 unspecified atom stereocenters. The Kier molecular flexibility index (Phi) is 4.41. The number of rotatable bonds is 5. The van der Waals surface area contributed by atoms with Crippen molar-refractivity contribution in [3.05, 3.63) is 12.1 Å². The largest absolute Gasteiger partial charge is 0.361 e. The molecule has 2 fully saturated rings. The SMILES string of the molecule is CN(C)c1ccc(N2CCC(C)(C(=O)NCC3CC3)CC2)nn1. The van der Waals surface area contributed by atoms with Gasteiger partial charge in [0.1, 0.15) is 0 Å². The lowest BCUT2D eigenvalue weighted by atomic mass is 9.79. The number of carbonyl (C=O) groups is 1. The number of aromatic nitrogens is 2. The number of hydrogen-bond acceptors (Lipinski definition) is 5. The van der Waals surface area contributed by atoms with Gasteiger partial charge in [0, 0.05) is 39.1 Å². The van der Waals surface area contributed by atoms with Crippen LogP contribution >= 0.6 is 0 Å². The first-order valence-corrected chi connectivity index (χ1v) is 8.52. The third kappa shape index (κ3) is 3.74. The van der Waals surface area contributed by atoms with E-state index < -0.39 is 0 Å². The van der Waals surface area contributed by atoms with Crippen molar-refractivity contribution in [1.82, 2.24) is 15.5 Å². The summed E-state index contributed by atoms with van der Waals surface area (Å²) in [6.45, 7) is 4.65. The molecule has 1 saturated heterocycles. The third-order valence-electron chi connectivity index (χ3n) is 5.08. The molecule has 0 aromatic carbocycles. The highest BCUT2D eigenvalue weighted by molar-refractivity contribution is 5.82. The van der Waals surface area contributed by atoms with Crippen molar-refractivity contribution in [2.75, 3.05) is 43.5 Å². The van der Waals surface area contributed by atoms with Crippen LogP contribution in [-0.2, 0) is 4.79 Å². The first kappa shape index (κ1) is 16.0. The van der Waals surface area contributed by atoms with Crippen molar-refractivity contribution in [2.45, 2.75) is 32.6 Å². The molecular weight excluding hydrogens is 290 g/mol. The summed E-state index contributed by atoms with van der Waals surface area (Å²) < 4.78 is 0. The average molecular weight is 317 g/mol. The molecular formula is C17H27N5O. The molecule has 1 aliphatic carbocycles. The Labute approximate surface area is 138 Å². The lowest BCUT2D eigenvalue weighted by Gasteiger charge is -2.38. The molecule has 6 nitrogen and oxygen atoms in total. The van der Waals surface area contributed by atoms with Crippen LogP contribution in [0.1, 0.15) is 32.6 Å². The van der Waals surface area contributed by atoms with Gasteiger partial charge in [0.2, 0.25) is 5.91 Å². The summed E-state index contributed by atoms with van der Waals surface area (Å²) in [5, 5.41) is 11.7. The van der Waals surface area contributed by atoms with Gasteiger partial charge in [0.15, 0.2) is 11.6 Å². The predicted molar refractivity (Wildman–Crippen MR) is 91.6 cm³/mol. The summed E-state index contributed by atoms with van der Waals surface area (Å²) in [5.74, 6) is 2.71. The van der Waals surface area contributed by atoms with Crippen molar-refractivity contribution >= 4 is 17.5 Å². The van der Waals surface area contributed by atoms with Gasteiger partial charge in [-0.3, -0.25) is 4.79 Å². The van der Waals surface area contributed by atoms with Crippen molar-refractivity contribution < 1.29 is 4.79 Å². The summed E-state index contributed by atoms with van der Waals surface area (Å²) >= 11 is 0. The molecule has 1 aromatic heterocycles. The molecule has 1 saturated carbocycles. The van der Waals surface area contributed by atoms with Crippen LogP contribution in [0.15, 0.2) is 12.1 Å². The standard InChI is InChI=1S/C17H27N5O/c1-17(16(23)18-12-13-4-5-13)8-10-22(11-9-17)15-7-6-14(19-20-15)21(2)3/h6-7,13H,4-5,8-12H2,1-3H3,(H,18,23). The lowest BCUT2D eigenvalue weighted by Crippen LogP contribution is -2.48. The molecule has 0 atom stereocenters. The molecule has 1 N–H and O–H groups in total. The highest BCUT2D eigenvalue weighted by Crippen LogP contribution is 2.33. The van der Waals surface area contributed by atoms with Crippen LogP contribution in [0.25, 0.3) is 0 Å². The van der Waals surface area contributed by atoms with Crippen LogP contribution in [0.2, 0.25) is 0 Å². The minimum Gasteiger partial charge on any atom is -0.361 e. The molecule has 0 radical (unpaired) electrons. The molecule has 0 spiro atoms. The maximum atomic E-state index is 12.5. The van der Waals surface area contributed by atoms with Crippen LogP contribution in [0.4, 0.5) is 11.6 Å². The van der Waals surface area contributed by atoms with E-state index in [0.717, 1.165) is 50.0 Å². The predicted octanol–water partition coefficient (Wildman–Crippen LogP) is 1.68. The van der Waals surface area contributed by atoms with Crippen LogP contribution < -0.4 is 15.1 Å². The summed E-state index contributed by atoms with van der Waals surface area (Å²) in [6.07, 6.45) is 4.26. The van der Waals surface area contributed by atoms with Gasteiger partial charge in [-0.15, -0.1) is 10.2 Å². The number of nitrogens with one attached hydrogen (secondary N) is 1. The maximum absolute atomic E-state index is 12.5. The Balaban J connectivity index is 1.55. The van der Waals surface area contributed by atoms with Gasteiger partial charge in [0.05, 0.1) is 0 Å². The maximum Gasteiger partial charge on any atom is 0.226 e. The number of hydrogen-bond donors (Lipinski definition) is 1. The minimum atomic E-state index is -0.248. The van der Waals surface area contributed by atoms with Crippen LogP contribution in [-0.4, -0.2) is 49.8 Å². The Hall–Kier alpha value is -1.85. The molecule has 1 aliphatic heterocycles. The molecule has 6 heteroatoms. The first-order chi connectivity index (χ1) is 11.0. The number of anilines is 2. The van der Waals surface area contributed by atoms with Crippen LogP contribution in [0, 0.1) is 11.3 Å². The molecule has 3 rings (SSSR count). The van der Waals surface area contributed by atoms with E-state index in [4.69, 9.17) is 0 Å². The third-order valence-corrected chi connectivity index (χ3v) is 5.08. The Morgan fingerprint density at radius 2 is 2.00 bits per heavy atom. The van der Waals surface area contributed by atoms with Crippen molar-refractivity contribution in [1.29, 1.82) is 0 Å². The topological polar surface area (TPSA) is 61.4 Å². The average Bonchev–Trinajstić information content (AvgIpc) is 3.38. The molecule has 1 aromatic rings. The van der Waals surface area contributed by atoms with Crippen molar-refractivity contribution in [2.24, 2.45) is 11.3 Å². The number of carbonyl (C=O) groups excluding carboxylic acids is 1. The molecule has 1 amide bonds. The van der Waals surface area contributed by atoms with E-state index in [1.807, 2.05) is 31.1 Å². The van der Waals surface area contributed by atoms with Gasteiger partial charge < -0.3 is 15.1 Å². The molecule has 0 bridgehead atoms. The van der Waals surface area contributed by atoms with Crippen LogP contribution in [0.3, 0.4) is 0 Å².